The molecule has 0 aliphatic heterocycles. The van der Waals surface area contributed by atoms with Crippen LogP contribution in [-0.4, -0.2) is 31.2 Å². The number of rotatable bonds is 3. The van der Waals surface area contributed by atoms with Gasteiger partial charge in [-0.05, 0) is 24.3 Å². The third kappa shape index (κ3) is 2.31. The summed E-state index contributed by atoms with van der Waals surface area (Å²) in [5, 5.41) is 21.1. The molecule has 3 aromatic heterocycles. The third-order valence-electron chi connectivity index (χ3n) is 3.60. The zero-order valence-corrected chi connectivity index (χ0v) is 12.9. The quantitative estimate of drug-likeness (QED) is 0.527. The van der Waals surface area contributed by atoms with Gasteiger partial charge < -0.3 is 10.4 Å². The molecule has 1 aromatic carbocycles. The Bertz CT molecular complexity index is 1090. The topological polar surface area (TPSA) is 104 Å². The smallest absolute Gasteiger partial charge is 0.356 e. The number of aromatic amines is 1. The molecule has 4 aromatic rings. The molecule has 0 fully saturated rings. The number of carboxylic acids is 1. The number of hydrogen-bond donors (Lipinski definition) is 3. The average molecular weight is 340 g/mol. The second kappa shape index (κ2) is 5.47. The Labute approximate surface area is 140 Å². The summed E-state index contributed by atoms with van der Waals surface area (Å²) >= 11 is 6.01. The first-order valence-electron chi connectivity index (χ1n) is 7.01. The molecule has 0 aliphatic carbocycles. The van der Waals surface area contributed by atoms with Crippen LogP contribution in [0, 0.1) is 0 Å². The molecule has 118 valence electrons. The highest BCUT2D eigenvalue weighted by Crippen LogP contribution is 2.31. The summed E-state index contributed by atoms with van der Waals surface area (Å²) in [5.74, 6) is -0.618. The van der Waals surface area contributed by atoms with E-state index in [1.165, 1.54) is 0 Å². The molecule has 0 atom stereocenters. The molecule has 3 N–H and O–H groups in total. The minimum atomic E-state index is -1.12. The molecule has 0 aliphatic rings. The van der Waals surface area contributed by atoms with Crippen molar-refractivity contribution < 1.29 is 9.90 Å². The number of nitrogens with one attached hydrogen (secondary N) is 2. The number of anilines is 2. The zero-order valence-electron chi connectivity index (χ0n) is 12.1. The van der Waals surface area contributed by atoms with Crippen LogP contribution < -0.4 is 5.32 Å². The first-order chi connectivity index (χ1) is 11.6. The zero-order chi connectivity index (χ0) is 16.7. The third-order valence-corrected chi connectivity index (χ3v) is 3.83. The van der Waals surface area contributed by atoms with E-state index in [9.17, 15) is 9.90 Å². The van der Waals surface area contributed by atoms with Crippen molar-refractivity contribution in [2.75, 3.05) is 5.32 Å². The Hall–Kier alpha value is -3.19. The summed E-state index contributed by atoms with van der Waals surface area (Å²) in [7, 11) is 0. The molecule has 0 saturated heterocycles. The van der Waals surface area contributed by atoms with Crippen LogP contribution in [0.3, 0.4) is 0 Å². The lowest BCUT2D eigenvalue weighted by atomic mass is 10.1. The van der Waals surface area contributed by atoms with Crippen molar-refractivity contribution in [3.63, 3.8) is 0 Å². The van der Waals surface area contributed by atoms with Crippen LogP contribution in [0.25, 0.3) is 21.8 Å². The summed E-state index contributed by atoms with van der Waals surface area (Å²) < 4.78 is 0. The number of benzene rings is 1. The number of pyridine rings is 2. The van der Waals surface area contributed by atoms with Crippen LogP contribution in [0.15, 0.2) is 42.7 Å². The number of H-pyrrole nitrogens is 1. The van der Waals surface area contributed by atoms with Crippen LogP contribution in [0.5, 0.6) is 0 Å². The fraction of sp³-hybridized carbons (Fsp3) is 0. The lowest BCUT2D eigenvalue weighted by Crippen LogP contribution is -2.00. The second-order valence-corrected chi connectivity index (χ2v) is 5.55. The Kier molecular flexibility index (Phi) is 3.28. The predicted molar refractivity (Wildman–Crippen MR) is 90.9 cm³/mol. The van der Waals surface area contributed by atoms with E-state index in [0.29, 0.717) is 21.7 Å². The molecule has 0 radical (unpaired) electrons. The standard InChI is InChI=1S/C16H10ClN5O2/c17-8-2-1-3-9(6-8)19-15-10-4-5-18-7-11(10)12-13(20-15)14(16(23)24)22-21-12/h1-7H,(H,19,20)(H,21,22)(H,23,24). The van der Waals surface area contributed by atoms with Gasteiger partial charge >= 0.3 is 5.97 Å². The largest absolute Gasteiger partial charge is 0.476 e. The number of hydrogen-bond acceptors (Lipinski definition) is 5. The number of carbonyl (C=O) groups is 1. The van der Waals surface area contributed by atoms with Gasteiger partial charge in [0.25, 0.3) is 0 Å². The summed E-state index contributed by atoms with van der Waals surface area (Å²) in [6.45, 7) is 0. The number of aromatic carboxylic acids is 1. The molecular formula is C16H10ClN5O2. The van der Waals surface area contributed by atoms with Crippen LogP contribution in [-0.2, 0) is 0 Å². The molecule has 24 heavy (non-hydrogen) atoms. The fourth-order valence-electron chi connectivity index (χ4n) is 2.54. The Morgan fingerprint density at radius 3 is 2.88 bits per heavy atom. The molecule has 0 unspecified atom stereocenters. The van der Waals surface area contributed by atoms with E-state index in [1.807, 2.05) is 12.1 Å². The molecule has 4 rings (SSSR count). The van der Waals surface area contributed by atoms with Crippen molar-refractivity contribution >= 4 is 50.9 Å². The predicted octanol–water partition coefficient (Wildman–Crippen LogP) is 3.60. The Balaban J connectivity index is 1.98. The second-order valence-electron chi connectivity index (χ2n) is 5.12. The lowest BCUT2D eigenvalue weighted by Gasteiger charge is -2.09. The highest BCUT2D eigenvalue weighted by molar-refractivity contribution is 6.30. The minimum absolute atomic E-state index is 0.0649. The first-order valence-corrected chi connectivity index (χ1v) is 7.39. The lowest BCUT2D eigenvalue weighted by molar-refractivity contribution is 0.0692. The van der Waals surface area contributed by atoms with Gasteiger partial charge in [0, 0.05) is 33.9 Å². The van der Waals surface area contributed by atoms with Crippen molar-refractivity contribution in [3.8, 4) is 0 Å². The van der Waals surface area contributed by atoms with Gasteiger partial charge in [-0.2, -0.15) is 5.10 Å². The minimum Gasteiger partial charge on any atom is -0.476 e. The van der Waals surface area contributed by atoms with Crippen LogP contribution >= 0.6 is 11.6 Å². The van der Waals surface area contributed by atoms with Crippen molar-refractivity contribution in [2.24, 2.45) is 0 Å². The molecule has 0 saturated carbocycles. The molecule has 7 nitrogen and oxygen atoms in total. The highest BCUT2D eigenvalue weighted by atomic mass is 35.5. The van der Waals surface area contributed by atoms with Crippen molar-refractivity contribution in [1.82, 2.24) is 20.2 Å². The number of halogens is 1. The van der Waals surface area contributed by atoms with E-state index >= 15 is 0 Å². The maximum Gasteiger partial charge on any atom is 0.356 e. The summed E-state index contributed by atoms with van der Waals surface area (Å²) in [6.07, 6.45) is 3.28. The van der Waals surface area contributed by atoms with Crippen molar-refractivity contribution in [2.45, 2.75) is 0 Å². The number of aromatic nitrogens is 4. The van der Waals surface area contributed by atoms with E-state index in [4.69, 9.17) is 11.6 Å². The van der Waals surface area contributed by atoms with Gasteiger partial charge in [-0.15, -0.1) is 0 Å². The fourth-order valence-corrected chi connectivity index (χ4v) is 2.73. The van der Waals surface area contributed by atoms with Crippen molar-refractivity contribution in [3.05, 3.63) is 53.4 Å². The van der Waals surface area contributed by atoms with E-state index in [1.54, 1.807) is 30.6 Å². The average Bonchev–Trinajstić information content (AvgIpc) is 2.99. The summed E-state index contributed by atoms with van der Waals surface area (Å²) in [5.41, 5.74) is 1.41. The molecular weight excluding hydrogens is 330 g/mol. The molecule has 3 heterocycles. The van der Waals surface area contributed by atoms with E-state index in [-0.39, 0.29) is 11.2 Å². The molecule has 0 amide bonds. The Morgan fingerprint density at radius 1 is 1.21 bits per heavy atom. The van der Waals surface area contributed by atoms with E-state index < -0.39 is 5.97 Å². The summed E-state index contributed by atoms with van der Waals surface area (Å²) in [4.78, 5) is 19.9. The van der Waals surface area contributed by atoms with Crippen LogP contribution in [0.1, 0.15) is 10.5 Å². The number of fused-ring (bicyclic) bond motifs is 3. The normalized spacial score (nSPS) is 11.0. The maximum absolute atomic E-state index is 11.4. The van der Waals surface area contributed by atoms with Gasteiger partial charge in [0.1, 0.15) is 16.9 Å². The van der Waals surface area contributed by atoms with E-state index in [2.05, 4.69) is 25.5 Å². The van der Waals surface area contributed by atoms with Gasteiger partial charge in [-0.1, -0.05) is 17.7 Å². The maximum atomic E-state index is 11.4. The van der Waals surface area contributed by atoms with Gasteiger partial charge in [0.2, 0.25) is 0 Å². The van der Waals surface area contributed by atoms with Crippen molar-refractivity contribution in [1.29, 1.82) is 0 Å². The monoisotopic (exact) mass is 339 g/mol. The van der Waals surface area contributed by atoms with Gasteiger partial charge in [0.15, 0.2) is 5.69 Å². The SMILES string of the molecule is O=C(O)c1[nH]nc2c1nc(Nc1cccc(Cl)c1)c1ccncc12. The van der Waals surface area contributed by atoms with Crippen LogP contribution in [0.4, 0.5) is 11.5 Å². The summed E-state index contributed by atoms with van der Waals surface area (Å²) in [6, 6.07) is 8.98. The molecule has 0 spiro atoms. The first kappa shape index (κ1) is 14.4. The molecule has 0 bridgehead atoms. The highest BCUT2D eigenvalue weighted by Gasteiger charge is 2.18. The van der Waals surface area contributed by atoms with Gasteiger partial charge in [-0.3, -0.25) is 10.1 Å². The van der Waals surface area contributed by atoms with Crippen LogP contribution in [0.2, 0.25) is 5.02 Å². The Morgan fingerprint density at radius 2 is 2.08 bits per heavy atom. The number of carboxylic acid groups (broad SMARTS) is 1. The van der Waals surface area contributed by atoms with Gasteiger partial charge in [-0.25, -0.2) is 9.78 Å². The van der Waals surface area contributed by atoms with E-state index in [0.717, 1.165) is 11.1 Å². The van der Waals surface area contributed by atoms with Gasteiger partial charge in [0.05, 0.1) is 0 Å². The molecule has 8 heteroatoms. The number of nitrogens with zero attached hydrogens (tertiary/aromatic N) is 3.